The number of pyridine rings is 1. The van der Waals surface area contributed by atoms with Crippen molar-refractivity contribution in [3.8, 4) is 17.1 Å². The van der Waals surface area contributed by atoms with Crippen LogP contribution in [0.25, 0.3) is 17.1 Å². The number of Topliss-reactive ketones (excluding diaryl/α,β-unsaturated/α-hetero) is 1. The lowest BCUT2D eigenvalue weighted by Crippen LogP contribution is -2.19. The predicted octanol–water partition coefficient (Wildman–Crippen LogP) is 5.28. The molecule has 0 radical (unpaired) electrons. The Hall–Kier alpha value is -3.40. The zero-order valence-corrected chi connectivity index (χ0v) is 18.7. The van der Waals surface area contributed by atoms with E-state index in [9.17, 15) is 18.0 Å². The lowest BCUT2D eigenvalue weighted by atomic mass is 10.2. The molecule has 0 fully saturated rings. The average molecular weight is 472 g/mol. The summed E-state index contributed by atoms with van der Waals surface area (Å²) in [6.07, 6.45) is -1.04. The summed E-state index contributed by atoms with van der Waals surface area (Å²) in [4.78, 5) is 16.9. The number of aryl methyl sites for hydroxylation is 1. The molecule has 3 heterocycles. The molecule has 0 saturated heterocycles. The number of ketones is 1. The number of rotatable bonds is 7. The van der Waals surface area contributed by atoms with Crippen molar-refractivity contribution in [1.82, 2.24) is 24.3 Å². The van der Waals surface area contributed by atoms with E-state index in [4.69, 9.17) is 0 Å². The first-order valence-electron chi connectivity index (χ1n) is 10.1. The fourth-order valence-corrected chi connectivity index (χ4v) is 4.41. The fourth-order valence-electron chi connectivity index (χ4n) is 3.58. The first-order chi connectivity index (χ1) is 15.7. The van der Waals surface area contributed by atoms with E-state index in [1.165, 1.54) is 24.8 Å². The smallest absolute Gasteiger partial charge is 0.339 e. The van der Waals surface area contributed by atoms with Crippen LogP contribution in [0.1, 0.15) is 21.7 Å². The summed E-state index contributed by atoms with van der Waals surface area (Å²) in [7, 11) is 0. The standard InChI is InChI=1S/C23H20F3N5OS/c1-15-12-19(16(2)30(15)14-23(24,25)26)20(32)13-33-22-29-28-21(17-8-10-27-11-9-17)31(22)18-6-4-3-5-7-18/h3-12H,13-14H2,1-2H3. The Morgan fingerprint density at radius 1 is 1.03 bits per heavy atom. The quantitative estimate of drug-likeness (QED) is 0.271. The lowest BCUT2D eigenvalue weighted by molar-refractivity contribution is -0.141. The van der Waals surface area contributed by atoms with E-state index >= 15 is 0 Å². The number of hydrogen-bond acceptors (Lipinski definition) is 5. The molecule has 33 heavy (non-hydrogen) atoms. The van der Waals surface area contributed by atoms with Gasteiger partial charge in [-0.2, -0.15) is 13.2 Å². The van der Waals surface area contributed by atoms with Crippen LogP contribution in [-0.2, 0) is 6.54 Å². The maximum absolute atomic E-state index is 12.9. The number of aromatic nitrogens is 5. The second kappa shape index (κ2) is 9.22. The summed E-state index contributed by atoms with van der Waals surface area (Å²) in [5.41, 5.74) is 2.62. The largest absolute Gasteiger partial charge is 0.406 e. The second-order valence-electron chi connectivity index (χ2n) is 7.41. The predicted molar refractivity (Wildman–Crippen MR) is 120 cm³/mol. The summed E-state index contributed by atoms with van der Waals surface area (Å²) in [6.45, 7) is 1.98. The van der Waals surface area contributed by atoms with Crippen molar-refractivity contribution in [1.29, 1.82) is 0 Å². The first kappa shape index (κ1) is 22.8. The van der Waals surface area contributed by atoms with Gasteiger partial charge < -0.3 is 4.57 Å². The fraction of sp³-hybridized carbons (Fsp3) is 0.217. The zero-order chi connectivity index (χ0) is 23.6. The average Bonchev–Trinajstić information content (AvgIpc) is 3.34. The number of carbonyl (C=O) groups is 1. The summed E-state index contributed by atoms with van der Waals surface area (Å²) < 4.78 is 41.7. The molecule has 0 amide bonds. The SMILES string of the molecule is Cc1cc(C(=O)CSc2nnc(-c3ccncc3)n2-c2ccccc2)c(C)n1CC(F)(F)F. The highest BCUT2D eigenvalue weighted by molar-refractivity contribution is 7.99. The van der Waals surface area contributed by atoms with Gasteiger partial charge in [0.15, 0.2) is 16.8 Å². The van der Waals surface area contributed by atoms with Gasteiger partial charge in [-0.3, -0.25) is 14.3 Å². The molecular formula is C23H20F3N5OS. The lowest BCUT2D eigenvalue weighted by Gasteiger charge is -2.12. The van der Waals surface area contributed by atoms with Gasteiger partial charge in [0, 0.05) is 40.6 Å². The van der Waals surface area contributed by atoms with Gasteiger partial charge in [-0.15, -0.1) is 10.2 Å². The summed E-state index contributed by atoms with van der Waals surface area (Å²) >= 11 is 1.19. The molecule has 0 aliphatic carbocycles. The van der Waals surface area contributed by atoms with Crippen molar-refractivity contribution in [3.63, 3.8) is 0 Å². The van der Waals surface area contributed by atoms with E-state index in [-0.39, 0.29) is 17.1 Å². The molecule has 0 bridgehead atoms. The molecule has 0 saturated carbocycles. The summed E-state index contributed by atoms with van der Waals surface area (Å²) in [5, 5.41) is 9.10. The number of halogens is 3. The molecule has 6 nitrogen and oxygen atoms in total. The van der Waals surface area contributed by atoms with Crippen LogP contribution >= 0.6 is 11.8 Å². The van der Waals surface area contributed by atoms with Crippen LogP contribution in [0.2, 0.25) is 0 Å². The van der Waals surface area contributed by atoms with E-state index in [0.717, 1.165) is 15.8 Å². The molecule has 3 aromatic heterocycles. The maximum Gasteiger partial charge on any atom is 0.406 e. The highest BCUT2D eigenvalue weighted by atomic mass is 32.2. The number of alkyl halides is 3. The Morgan fingerprint density at radius 3 is 2.39 bits per heavy atom. The highest BCUT2D eigenvalue weighted by Crippen LogP contribution is 2.29. The third-order valence-electron chi connectivity index (χ3n) is 5.13. The number of thioether (sulfide) groups is 1. The third kappa shape index (κ3) is 5.00. The van der Waals surface area contributed by atoms with Crippen LogP contribution in [0.15, 0.2) is 66.1 Å². The van der Waals surface area contributed by atoms with Crippen LogP contribution in [0, 0.1) is 13.8 Å². The monoisotopic (exact) mass is 471 g/mol. The van der Waals surface area contributed by atoms with Gasteiger partial charge in [-0.25, -0.2) is 0 Å². The molecule has 0 aliphatic heterocycles. The minimum absolute atomic E-state index is 0.0115. The number of hydrogen-bond donors (Lipinski definition) is 0. The normalized spacial score (nSPS) is 11.7. The van der Waals surface area contributed by atoms with Crippen molar-refractivity contribution in [2.24, 2.45) is 0 Å². The van der Waals surface area contributed by atoms with Crippen LogP contribution in [0.3, 0.4) is 0 Å². The van der Waals surface area contributed by atoms with Crippen LogP contribution in [0.4, 0.5) is 13.2 Å². The topological polar surface area (TPSA) is 65.6 Å². The Kier molecular flexibility index (Phi) is 6.37. The van der Waals surface area contributed by atoms with Gasteiger partial charge in [0.05, 0.1) is 5.75 Å². The molecule has 0 spiro atoms. The van der Waals surface area contributed by atoms with Crippen molar-refractivity contribution < 1.29 is 18.0 Å². The Balaban J connectivity index is 1.61. The van der Waals surface area contributed by atoms with Crippen LogP contribution in [0.5, 0.6) is 0 Å². The van der Waals surface area contributed by atoms with Gasteiger partial charge in [0.2, 0.25) is 0 Å². The maximum atomic E-state index is 12.9. The molecule has 4 aromatic rings. The zero-order valence-electron chi connectivity index (χ0n) is 17.9. The van der Waals surface area contributed by atoms with E-state index in [1.807, 2.05) is 47.0 Å². The number of benzene rings is 1. The molecule has 0 unspecified atom stereocenters. The van der Waals surface area contributed by atoms with Gasteiger partial charge in [-0.05, 0) is 44.2 Å². The van der Waals surface area contributed by atoms with Gasteiger partial charge in [0.25, 0.3) is 0 Å². The highest BCUT2D eigenvalue weighted by Gasteiger charge is 2.30. The Labute approximate surface area is 192 Å². The molecule has 1 aromatic carbocycles. The van der Waals surface area contributed by atoms with E-state index in [2.05, 4.69) is 15.2 Å². The third-order valence-corrected chi connectivity index (χ3v) is 6.06. The van der Waals surface area contributed by atoms with Crippen LogP contribution in [-0.4, -0.2) is 42.0 Å². The van der Waals surface area contributed by atoms with Crippen molar-refractivity contribution >= 4 is 17.5 Å². The number of nitrogens with zero attached hydrogens (tertiary/aromatic N) is 5. The summed E-state index contributed by atoms with van der Waals surface area (Å²) in [6, 6.07) is 14.6. The molecule has 4 rings (SSSR count). The minimum Gasteiger partial charge on any atom is -0.339 e. The van der Waals surface area contributed by atoms with Gasteiger partial charge >= 0.3 is 6.18 Å². The Morgan fingerprint density at radius 2 is 1.73 bits per heavy atom. The van der Waals surface area contributed by atoms with Gasteiger partial charge in [-0.1, -0.05) is 30.0 Å². The van der Waals surface area contributed by atoms with E-state index < -0.39 is 12.7 Å². The van der Waals surface area contributed by atoms with Gasteiger partial charge in [0.1, 0.15) is 6.54 Å². The first-order valence-corrected chi connectivity index (χ1v) is 11.0. The molecule has 0 aliphatic rings. The molecule has 10 heteroatoms. The summed E-state index contributed by atoms with van der Waals surface area (Å²) in [5.74, 6) is 0.342. The molecule has 170 valence electrons. The molecule has 0 atom stereocenters. The minimum atomic E-state index is -4.36. The molecule has 0 N–H and O–H groups in total. The van der Waals surface area contributed by atoms with Crippen molar-refractivity contribution in [3.05, 3.63) is 77.9 Å². The Bertz CT molecular complexity index is 1270. The second-order valence-corrected chi connectivity index (χ2v) is 8.35. The van der Waals surface area contributed by atoms with Crippen LogP contribution < -0.4 is 0 Å². The van der Waals surface area contributed by atoms with Crippen molar-refractivity contribution in [2.75, 3.05) is 5.75 Å². The van der Waals surface area contributed by atoms with Crippen molar-refractivity contribution in [2.45, 2.75) is 31.7 Å². The number of carbonyl (C=O) groups excluding carboxylic acids is 1. The van der Waals surface area contributed by atoms with E-state index in [0.29, 0.717) is 22.4 Å². The van der Waals surface area contributed by atoms with E-state index in [1.54, 1.807) is 19.3 Å². The number of para-hydroxylation sites is 1. The molecular weight excluding hydrogens is 451 g/mol.